The van der Waals surface area contributed by atoms with Crippen molar-refractivity contribution >= 4 is 13.7 Å². The molecule has 2 N–H and O–H groups in total. The maximum absolute atomic E-state index is 12.7. The number of unbranched alkanes of at least 4 members (excludes halogenated alkanes) is 12. The SMILES string of the molecule is CC/C=C\C/C=C\C/C=C\CCCCCC(=O)NC(COP(=O)([O-])OCC[N+](C)(C)C)C(O)/C=C/CCCCCCCCCCC. The Hall–Kier alpha value is -1.54. The van der Waals surface area contributed by atoms with Crippen LogP contribution in [0.3, 0.4) is 0 Å². The number of phosphoric acid groups is 1. The summed E-state index contributed by atoms with van der Waals surface area (Å²) in [7, 11) is 1.23. The fourth-order valence-corrected chi connectivity index (χ4v) is 5.36. The molecule has 9 heteroatoms. The van der Waals surface area contributed by atoms with E-state index in [1.807, 2.05) is 27.2 Å². The molecule has 0 aromatic rings. The molecule has 0 aromatic heterocycles. The summed E-state index contributed by atoms with van der Waals surface area (Å²) in [6, 6.07) is -0.899. The third-order valence-corrected chi connectivity index (χ3v) is 8.51. The third-order valence-electron chi connectivity index (χ3n) is 7.54. The van der Waals surface area contributed by atoms with Crippen molar-refractivity contribution in [2.45, 2.75) is 142 Å². The second-order valence-electron chi connectivity index (χ2n) is 13.2. The van der Waals surface area contributed by atoms with Crippen molar-refractivity contribution in [2.24, 2.45) is 0 Å². The van der Waals surface area contributed by atoms with Crippen LogP contribution >= 0.6 is 7.82 Å². The smallest absolute Gasteiger partial charge is 0.268 e. The lowest BCUT2D eigenvalue weighted by Crippen LogP contribution is -2.45. The number of phosphoric ester groups is 1. The molecule has 3 atom stereocenters. The number of carbonyl (C=O) groups is 1. The number of allylic oxidation sites excluding steroid dienone is 7. The van der Waals surface area contributed by atoms with E-state index >= 15 is 0 Å². The van der Waals surface area contributed by atoms with Crippen molar-refractivity contribution in [3.63, 3.8) is 0 Å². The molecule has 0 bridgehead atoms. The molecule has 8 nitrogen and oxygen atoms in total. The normalized spacial score (nSPS) is 15.4. The zero-order chi connectivity index (χ0) is 34.4. The van der Waals surface area contributed by atoms with Gasteiger partial charge >= 0.3 is 0 Å². The van der Waals surface area contributed by atoms with E-state index in [0.29, 0.717) is 17.4 Å². The number of hydrogen-bond acceptors (Lipinski definition) is 6. The molecule has 1 amide bonds. The van der Waals surface area contributed by atoms with Crippen LogP contribution in [0.4, 0.5) is 0 Å². The number of aliphatic hydroxyl groups is 1. The number of likely N-dealkylation sites (N-methyl/N-ethyl adjacent to an activating group) is 1. The van der Waals surface area contributed by atoms with Crippen LogP contribution in [0.5, 0.6) is 0 Å². The molecule has 46 heavy (non-hydrogen) atoms. The third kappa shape index (κ3) is 31.1. The van der Waals surface area contributed by atoms with Crippen molar-refractivity contribution in [1.29, 1.82) is 0 Å². The van der Waals surface area contributed by atoms with Gasteiger partial charge in [0.1, 0.15) is 13.2 Å². The fraction of sp³-hybridized carbons (Fsp3) is 0.757. The van der Waals surface area contributed by atoms with Gasteiger partial charge in [0.05, 0.1) is 39.9 Å². The Morgan fingerprint density at radius 2 is 1.33 bits per heavy atom. The van der Waals surface area contributed by atoms with Crippen LogP contribution in [0.2, 0.25) is 0 Å². The van der Waals surface area contributed by atoms with E-state index in [1.54, 1.807) is 6.08 Å². The molecule has 0 aromatic carbocycles. The molecule has 0 radical (unpaired) electrons. The minimum absolute atomic E-state index is 0.00890. The van der Waals surface area contributed by atoms with Crippen LogP contribution in [0.1, 0.15) is 129 Å². The van der Waals surface area contributed by atoms with Crippen molar-refractivity contribution in [3.8, 4) is 0 Å². The lowest BCUT2D eigenvalue weighted by atomic mass is 10.1. The molecule has 268 valence electrons. The van der Waals surface area contributed by atoms with E-state index in [2.05, 4.69) is 55.6 Å². The molecule has 0 aliphatic carbocycles. The molecule has 0 fully saturated rings. The van der Waals surface area contributed by atoms with E-state index in [-0.39, 0.29) is 12.5 Å². The molecule has 0 saturated heterocycles. The monoisotopic (exact) mass is 668 g/mol. The zero-order valence-electron chi connectivity index (χ0n) is 30.0. The van der Waals surface area contributed by atoms with Crippen molar-refractivity contribution in [3.05, 3.63) is 48.6 Å². The second kappa shape index (κ2) is 29.6. The highest BCUT2D eigenvalue weighted by Gasteiger charge is 2.23. The molecule has 0 aliphatic heterocycles. The molecule has 0 saturated carbocycles. The van der Waals surface area contributed by atoms with E-state index in [1.165, 1.54) is 44.9 Å². The minimum atomic E-state index is -4.58. The van der Waals surface area contributed by atoms with Crippen LogP contribution < -0.4 is 10.2 Å². The number of aliphatic hydroxyl groups excluding tert-OH is 1. The van der Waals surface area contributed by atoms with Gasteiger partial charge < -0.3 is 28.8 Å². The second-order valence-corrected chi connectivity index (χ2v) is 14.6. The molecule has 0 rings (SSSR count). The van der Waals surface area contributed by atoms with Crippen molar-refractivity contribution in [1.82, 2.24) is 5.32 Å². The Morgan fingerprint density at radius 1 is 0.783 bits per heavy atom. The number of quaternary nitrogens is 1. The number of carbonyl (C=O) groups excluding carboxylic acids is 1. The van der Waals surface area contributed by atoms with Gasteiger partial charge in [-0.3, -0.25) is 9.36 Å². The zero-order valence-corrected chi connectivity index (χ0v) is 30.9. The van der Waals surface area contributed by atoms with Crippen molar-refractivity contribution < 1.29 is 32.9 Å². The van der Waals surface area contributed by atoms with Gasteiger partial charge in [-0.1, -0.05) is 120 Å². The summed E-state index contributed by atoms with van der Waals surface area (Å²) in [5.41, 5.74) is 0. The molecule has 3 unspecified atom stereocenters. The highest BCUT2D eigenvalue weighted by Crippen LogP contribution is 2.38. The summed E-state index contributed by atoms with van der Waals surface area (Å²) < 4.78 is 23.0. The van der Waals surface area contributed by atoms with E-state index in [0.717, 1.165) is 64.2 Å². The summed E-state index contributed by atoms with van der Waals surface area (Å²) in [6.45, 7) is 4.45. The Balaban J connectivity index is 4.65. The highest BCUT2D eigenvalue weighted by atomic mass is 31.2. The minimum Gasteiger partial charge on any atom is -0.756 e. The molecular formula is C37H69N2O6P. The highest BCUT2D eigenvalue weighted by molar-refractivity contribution is 7.45. The largest absolute Gasteiger partial charge is 0.756 e. The van der Waals surface area contributed by atoms with Gasteiger partial charge in [0, 0.05) is 6.42 Å². The first-order valence-corrected chi connectivity index (χ1v) is 19.5. The lowest BCUT2D eigenvalue weighted by Gasteiger charge is -2.29. The van der Waals surface area contributed by atoms with Crippen LogP contribution in [0.25, 0.3) is 0 Å². The number of hydrogen-bond donors (Lipinski definition) is 2. The maximum atomic E-state index is 12.7. The van der Waals surface area contributed by atoms with Gasteiger partial charge in [-0.05, 0) is 51.4 Å². The predicted molar refractivity (Wildman–Crippen MR) is 191 cm³/mol. The van der Waals surface area contributed by atoms with Crippen LogP contribution in [0.15, 0.2) is 48.6 Å². The van der Waals surface area contributed by atoms with E-state index in [4.69, 9.17) is 9.05 Å². The molecule has 0 heterocycles. The van der Waals surface area contributed by atoms with Crippen LogP contribution in [-0.2, 0) is 18.4 Å². The topological polar surface area (TPSA) is 108 Å². The number of amides is 1. The first kappa shape index (κ1) is 44.5. The molecular weight excluding hydrogens is 599 g/mol. The summed E-state index contributed by atoms with van der Waals surface area (Å²) in [4.78, 5) is 25.1. The quantitative estimate of drug-likeness (QED) is 0.0333. The van der Waals surface area contributed by atoms with Gasteiger partial charge in [0.25, 0.3) is 7.82 Å². The standard InChI is InChI=1S/C37H69N2O6P/c1-6-8-10-12-14-16-18-19-21-23-25-27-29-31-37(41)38-35(34-45-46(42,43)44-33-32-39(3,4)5)36(40)30-28-26-24-22-20-17-15-13-11-9-7-2/h8,10,14,16,19,21,28,30,35-36,40H,6-7,9,11-13,15,17-18,20,22-27,29,31-34H2,1-5H3,(H-,38,41,42,43)/b10-8-,16-14-,21-19-,30-28+. The number of nitrogens with one attached hydrogen (secondary N) is 1. The van der Waals surface area contributed by atoms with Gasteiger partial charge in [0.15, 0.2) is 0 Å². The fourth-order valence-electron chi connectivity index (χ4n) is 4.63. The summed E-state index contributed by atoms with van der Waals surface area (Å²) in [5, 5.41) is 13.6. The van der Waals surface area contributed by atoms with E-state index < -0.39 is 26.6 Å². The number of nitrogens with zero attached hydrogens (tertiary/aromatic N) is 1. The Kier molecular flexibility index (Phi) is 28.6. The average molecular weight is 669 g/mol. The average Bonchev–Trinajstić information content (AvgIpc) is 2.99. The van der Waals surface area contributed by atoms with Gasteiger partial charge in [0.2, 0.25) is 5.91 Å². The Labute approximate surface area is 282 Å². The van der Waals surface area contributed by atoms with Gasteiger partial charge in [-0.15, -0.1) is 0 Å². The van der Waals surface area contributed by atoms with Gasteiger partial charge in [-0.2, -0.15) is 0 Å². The van der Waals surface area contributed by atoms with Crippen LogP contribution in [-0.4, -0.2) is 68.5 Å². The lowest BCUT2D eigenvalue weighted by molar-refractivity contribution is -0.870. The predicted octanol–water partition coefficient (Wildman–Crippen LogP) is 8.33. The van der Waals surface area contributed by atoms with Crippen molar-refractivity contribution in [2.75, 3.05) is 40.9 Å². The summed E-state index contributed by atoms with van der Waals surface area (Å²) >= 11 is 0. The van der Waals surface area contributed by atoms with Gasteiger partial charge in [-0.25, -0.2) is 0 Å². The first-order chi connectivity index (χ1) is 22.0. The maximum Gasteiger partial charge on any atom is 0.268 e. The Morgan fingerprint density at radius 3 is 1.93 bits per heavy atom. The van der Waals surface area contributed by atoms with E-state index in [9.17, 15) is 19.4 Å². The first-order valence-electron chi connectivity index (χ1n) is 18.0. The number of rotatable bonds is 31. The summed E-state index contributed by atoms with van der Waals surface area (Å²) in [6.07, 6.45) is 34.4. The Bertz CT molecular complexity index is 897. The molecule has 0 spiro atoms. The van der Waals surface area contributed by atoms with Crippen LogP contribution in [0, 0.1) is 0 Å². The molecule has 0 aliphatic rings. The summed E-state index contributed by atoms with van der Waals surface area (Å²) in [5.74, 6) is -0.232.